The van der Waals surface area contributed by atoms with Gasteiger partial charge in [-0.05, 0) is 146 Å². The van der Waals surface area contributed by atoms with Gasteiger partial charge >= 0.3 is 0 Å². The van der Waals surface area contributed by atoms with Gasteiger partial charge in [0.25, 0.3) is 11.8 Å². The van der Waals surface area contributed by atoms with E-state index in [2.05, 4.69) is 84.5 Å². The molecular formula is C70H54N2O6. The number of carbonyl (C=O) groups is 2. The second-order valence-electron chi connectivity index (χ2n) is 19.7. The molecule has 2 N–H and O–H groups in total. The molecule has 0 aromatic heterocycles. The van der Waals surface area contributed by atoms with Gasteiger partial charge in [0.15, 0.2) is 11.5 Å². The molecule has 12 aromatic rings. The molecule has 12 rings (SSSR count). The van der Waals surface area contributed by atoms with Gasteiger partial charge in [0.05, 0.1) is 11.1 Å². The van der Waals surface area contributed by atoms with Crippen LogP contribution in [-0.4, -0.2) is 38.2 Å². The van der Waals surface area contributed by atoms with E-state index in [1.54, 1.807) is 0 Å². The van der Waals surface area contributed by atoms with Crippen LogP contribution in [0.4, 0.5) is 0 Å². The molecular weight excluding hydrogens is 965 g/mol. The molecule has 0 bridgehead atoms. The van der Waals surface area contributed by atoms with Crippen LogP contribution in [-0.2, 0) is 13.1 Å². The zero-order chi connectivity index (χ0) is 53.0. The number of rotatable bonds is 18. The van der Waals surface area contributed by atoms with E-state index in [0.29, 0.717) is 58.4 Å². The van der Waals surface area contributed by atoms with Crippen molar-refractivity contribution in [3.8, 4) is 23.0 Å². The quantitative estimate of drug-likeness (QED) is 0.0657. The highest BCUT2D eigenvalue weighted by molar-refractivity contribution is 6.06. The van der Waals surface area contributed by atoms with Crippen LogP contribution in [0.2, 0.25) is 0 Å². The van der Waals surface area contributed by atoms with Crippen LogP contribution in [0, 0.1) is 0 Å². The Kier molecular flexibility index (Phi) is 13.7. The van der Waals surface area contributed by atoms with Crippen LogP contribution >= 0.6 is 0 Å². The molecule has 0 unspecified atom stereocenters. The zero-order valence-corrected chi connectivity index (χ0v) is 42.9. The minimum atomic E-state index is -0.246. The van der Waals surface area contributed by atoms with Gasteiger partial charge in [-0.2, -0.15) is 0 Å². The first kappa shape index (κ1) is 49.0. The molecule has 0 aliphatic carbocycles. The third-order valence-electron chi connectivity index (χ3n) is 14.3. The maximum Gasteiger partial charge on any atom is 0.255 e. The monoisotopic (exact) mass is 1020 g/mol. The maximum absolute atomic E-state index is 14.2. The van der Waals surface area contributed by atoms with Crippen LogP contribution in [0.1, 0.15) is 31.8 Å². The fourth-order valence-electron chi connectivity index (χ4n) is 10.4. The Labute approximate surface area is 451 Å². The molecule has 0 fully saturated rings. The smallest absolute Gasteiger partial charge is 0.255 e. The Bertz CT molecular complexity index is 3950. The molecule has 2 amide bonds. The maximum atomic E-state index is 14.2. The number of hydrogen-bond acceptors (Lipinski definition) is 6. The highest BCUT2D eigenvalue weighted by Gasteiger charge is 2.20. The molecule has 0 aliphatic rings. The number of benzene rings is 12. The van der Waals surface area contributed by atoms with Crippen molar-refractivity contribution >= 4 is 87.2 Å². The Balaban J connectivity index is 0.718. The molecule has 0 heterocycles. The molecule has 380 valence electrons. The first-order valence-electron chi connectivity index (χ1n) is 26.1. The Morgan fingerprint density at radius 3 is 0.859 bits per heavy atom. The lowest BCUT2D eigenvalue weighted by molar-refractivity contribution is 0.0939. The molecule has 0 aliphatic heterocycles. The highest BCUT2D eigenvalue weighted by atomic mass is 16.5. The first-order valence-corrected chi connectivity index (χ1v) is 26.1. The molecule has 0 spiro atoms. The number of carbonyl (C=O) groups excluding carboxylic acids is 2. The summed E-state index contributed by atoms with van der Waals surface area (Å²) in [6.45, 7) is 9.72. The van der Waals surface area contributed by atoms with E-state index in [9.17, 15) is 9.59 Å². The van der Waals surface area contributed by atoms with Crippen LogP contribution in [0.25, 0.3) is 75.4 Å². The summed E-state index contributed by atoms with van der Waals surface area (Å²) >= 11 is 0. The first-order chi connectivity index (χ1) is 38.3. The van der Waals surface area contributed by atoms with Gasteiger partial charge in [0.2, 0.25) is 0 Å². The Morgan fingerprint density at radius 2 is 0.551 bits per heavy atom. The molecule has 0 saturated carbocycles. The average molecular weight is 1020 g/mol. The fourth-order valence-corrected chi connectivity index (χ4v) is 10.4. The number of hydrogen-bond donors (Lipinski definition) is 2. The molecule has 12 aromatic carbocycles. The summed E-state index contributed by atoms with van der Waals surface area (Å²) in [5, 5.41) is 21.0. The van der Waals surface area contributed by atoms with Crippen LogP contribution in [0.3, 0.4) is 0 Å². The summed E-state index contributed by atoms with van der Waals surface area (Å²) in [6, 6.07) is 72.7. The van der Waals surface area contributed by atoms with Crippen molar-refractivity contribution in [1.29, 1.82) is 0 Å². The van der Waals surface area contributed by atoms with Crippen LogP contribution in [0.15, 0.2) is 243 Å². The van der Waals surface area contributed by atoms with Crippen molar-refractivity contribution in [3.63, 3.8) is 0 Å². The van der Waals surface area contributed by atoms with E-state index < -0.39 is 0 Å². The second-order valence-corrected chi connectivity index (χ2v) is 19.7. The Morgan fingerprint density at radius 1 is 0.308 bits per heavy atom. The number of ether oxygens (including phenoxy) is 4. The van der Waals surface area contributed by atoms with Gasteiger partial charge in [-0.15, -0.1) is 0 Å². The summed E-state index contributed by atoms with van der Waals surface area (Å²) in [5.74, 6) is 1.42. The summed E-state index contributed by atoms with van der Waals surface area (Å²) in [4.78, 5) is 28.4. The number of nitrogens with one attached hydrogen (secondary N) is 2. The summed E-state index contributed by atoms with van der Waals surface area (Å²) in [7, 11) is 0. The number of fused-ring (bicyclic) bond motifs is 7. The van der Waals surface area contributed by atoms with Crippen molar-refractivity contribution in [2.45, 2.75) is 13.1 Å². The summed E-state index contributed by atoms with van der Waals surface area (Å²) in [5.41, 5.74) is 4.25. The van der Waals surface area contributed by atoms with Crippen molar-refractivity contribution in [2.75, 3.05) is 26.4 Å². The molecule has 78 heavy (non-hydrogen) atoms. The molecule has 0 saturated heterocycles. The van der Waals surface area contributed by atoms with Gasteiger partial charge < -0.3 is 29.6 Å². The SMILES string of the molecule is C=C(COc1cc2ccccc2cc1OCC(=C)COc1cc2ccccc2cc1C(=O)NCc1c2ccccc2cc2ccccc12)COc1cc2ccccc2cc1C(=O)NCc1c2ccccc2cc2ccccc12. The largest absolute Gasteiger partial charge is 0.488 e. The molecule has 0 atom stereocenters. The van der Waals surface area contributed by atoms with Gasteiger partial charge in [-0.25, -0.2) is 0 Å². The van der Waals surface area contributed by atoms with Gasteiger partial charge in [0.1, 0.15) is 37.9 Å². The highest BCUT2D eigenvalue weighted by Crippen LogP contribution is 2.36. The van der Waals surface area contributed by atoms with Crippen molar-refractivity contribution in [1.82, 2.24) is 10.6 Å². The van der Waals surface area contributed by atoms with Crippen LogP contribution in [0.5, 0.6) is 23.0 Å². The fraction of sp³-hybridized carbons (Fsp3) is 0.0857. The van der Waals surface area contributed by atoms with Gasteiger partial charge in [-0.3, -0.25) is 9.59 Å². The van der Waals surface area contributed by atoms with E-state index in [4.69, 9.17) is 18.9 Å². The lowest BCUT2D eigenvalue weighted by Crippen LogP contribution is -2.24. The standard InChI is InChI=1S/C70H54N2O6/c1-45(41-75-65-35-49-19-5-3-17-47(49)33-61(65)69(73)71-39-63-57-27-13-9-23-53(57)31-54-24-10-14-28-58(54)63)43-77-67-37-51-21-7-8-22-52(51)38-68(67)78-44-46(2)42-76-66-36-50-20-6-4-18-48(50)34-62(66)70(74)72-40-64-59-29-15-11-25-55(59)32-56-26-12-16-30-60(56)64/h3-38H,1-2,39-44H2,(H,71,73)(H,72,74). The van der Waals surface area contributed by atoms with Gasteiger partial charge in [0, 0.05) is 13.1 Å². The molecule has 8 heteroatoms. The van der Waals surface area contributed by atoms with E-state index in [1.807, 2.05) is 158 Å². The lowest BCUT2D eigenvalue weighted by atomic mass is 9.96. The Hall–Kier alpha value is -9.92. The normalized spacial score (nSPS) is 11.3. The second kappa shape index (κ2) is 21.7. The molecule has 8 nitrogen and oxygen atoms in total. The summed E-state index contributed by atoms with van der Waals surface area (Å²) < 4.78 is 25.8. The minimum absolute atomic E-state index is 0.0966. The predicted octanol–water partition coefficient (Wildman–Crippen LogP) is 15.6. The summed E-state index contributed by atoms with van der Waals surface area (Å²) in [6.07, 6.45) is 0. The third kappa shape index (κ3) is 10.3. The average Bonchev–Trinajstić information content (AvgIpc) is 3.48. The number of amides is 2. The lowest BCUT2D eigenvalue weighted by Gasteiger charge is -2.18. The van der Waals surface area contributed by atoms with E-state index in [-0.39, 0.29) is 38.2 Å². The minimum Gasteiger partial charge on any atom is -0.488 e. The zero-order valence-electron chi connectivity index (χ0n) is 42.9. The topological polar surface area (TPSA) is 95.1 Å². The predicted molar refractivity (Wildman–Crippen MR) is 317 cm³/mol. The van der Waals surface area contributed by atoms with Gasteiger partial charge in [-0.1, -0.05) is 183 Å². The third-order valence-corrected chi connectivity index (χ3v) is 14.3. The van der Waals surface area contributed by atoms with Crippen LogP contribution < -0.4 is 29.6 Å². The van der Waals surface area contributed by atoms with E-state index in [1.165, 1.54) is 0 Å². The molecule has 0 radical (unpaired) electrons. The van der Waals surface area contributed by atoms with E-state index >= 15 is 0 Å². The van der Waals surface area contributed by atoms with Crippen molar-refractivity contribution in [2.24, 2.45) is 0 Å². The van der Waals surface area contributed by atoms with Crippen molar-refractivity contribution < 1.29 is 28.5 Å². The van der Waals surface area contributed by atoms with Crippen molar-refractivity contribution in [3.05, 3.63) is 265 Å². The van der Waals surface area contributed by atoms with E-state index in [0.717, 1.165) is 86.5 Å².